The van der Waals surface area contributed by atoms with Crippen LogP contribution in [0, 0.1) is 0 Å². The van der Waals surface area contributed by atoms with Crippen molar-refractivity contribution in [3.05, 3.63) is 65.2 Å². The van der Waals surface area contributed by atoms with Crippen LogP contribution in [0.25, 0.3) is 22.2 Å². The van der Waals surface area contributed by atoms with Crippen LogP contribution in [0.2, 0.25) is 0 Å². The van der Waals surface area contributed by atoms with E-state index >= 15 is 0 Å². The molecule has 0 unspecified atom stereocenters. The van der Waals surface area contributed by atoms with Crippen LogP contribution < -0.4 is 5.32 Å². The van der Waals surface area contributed by atoms with Crippen LogP contribution in [0.3, 0.4) is 0 Å². The summed E-state index contributed by atoms with van der Waals surface area (Å²) in [7, 11) is 0. The average molecular weight is 544 g/mol. The van der Waals surface area contributed by atoms with Gasteiger partial charge in [0.25, 0.3) is 5.91 Å². The maximum atomic E-state index is 13.6. The Kier molecular flexibility index (Phi) is 8.14. The van der Waals surface area contributed by atoms with Crippen LogP contribution in [0.1, 0.15) is 60.4 Å². The van der Waals surface area contributed by atoms with Gasteiger partial charge in [0.05, 0.1) is 30.9 Å². The summed E-state index contributed by atoms with van der Waals surface area (Å²) in [5.74, 6) is -0.495. The first kappa shape index (κ1) is 27.7. The Morgan fingerprint density at radius 2 is 1.65 bits per heavy atom. The van der Waals surface area contributed by atoms with Crippen molar-refractivity contribution in [2.45, 2.75) is 46.1 Å². The highest BCUT2D eigenvalue weighted by atomic mass is 16.5. The Morgan fingerprint density at radius 3 is 2.30 bits per heavy atom. The molecule has 0 aliphatic carbocycles. The first-order chi connectivity index (χ1) is 19.3. The number of carbonyl (C=O) groups is 2. The highest BCUT2D eigenvalue weighted by Gasteiger charge is 2.28. The number of esters is 1. The molecule has 1 N–H and O–H groups in total. The minimum Gasteiger partial charge on any atom is -0.462 e. The first-order valence-corrected chi connectivity index (χ1v) is 13.9. The molecule has 0 spiro atoms. The predicted molar refractivity (Wildman–Crippen MR) is 156 cm³/mol. The lowest BCUT2D eigenvalue weighted by atomic mass is 9.87. The zero-order valence-electron chi connectivity index (χ0n) is 23.7. The lowest BCUT2D eigenvalue weighted by Crippen LogP contribution is -2.37. The summed E-state index contributed by atoms with van der Waals surface area (Å²) in [6.45, 7) is 13.0. The van der Waals surface area contributed by atoms with Crippen LogP contribution in [0.15, 0.2) is 48.5 Å². The van der Waals surface area contributed by atoms with Crippen molar-refractivity contribution in [3.8, 4) is 0 Å². The van der Waals surface area contributed by atoms with Gasteiger partial charge in [0.2, 0.25) is 0 Å². The lowest BCUT2D eigenvalue weighted by Gasteiger charge is -2.26. The van der Waals surface area contributed by atoms with Gasteiger partial charge < -0.3 is 19.4 Å². The van der Waals surface area contributed by atoms with E-state index in [9.17, 15) is 9.59 Å². The van der Waals surface area contributed by atoms with Crippen molar-refractivity contribution < 1.29 is 19.1 Å². The molecule has 2 aromatic heterocycles. The average Bonchev–Trinajstić information content (AvgIpc) is 3.23. The minimum absolute atomic E-state index is 0.0294. The molecule has 4 aromatic rings. The molecule has 3 heterocycles. The van der Waals surface area contributed by atoms with E-state index in [0.717, 1.165) is 44.8 Å². The van der Waals surface area contributed by atoms with Crippen molar-refractivity contribution in [2.75, 3.05) is 44.8 Å². The van der Waals surface area contributed by atoms with Gasteiger partial charge in [-0.1, -0.05) is 45.0 Å². The monoisotopic (exact) mass is 543 g/mol. The Labute approximate surface area is 234 Å². The lowest BCUT2D eigenvalue weighted by molar-refractivity contribution is 0.0369. The number of carbonyl (C=O) groups excluding carboxylic acids is 2. The second kappa shape index (κ2) is 11.7. The molecule has 0 radical (unpaired) electrons. The molecule has 2 aromatic carbocycles. The van der Waals surface area contributed by atoms with Crippen molar-refractivity contribution in [2.24, 2.45) is 0 Å². The number of aromatic nitrogens is 3. The molecule has 1 saturated heterocycles. The highest BCUT2D eigenvalue weighted by Crippen LogP contribution is 2.32. The van der Waals surface area contributed by atoms with Crippen LogP contribution in [-0.4, -0.2) is 70.8 Å². The number of nitrogens with one attached hydrogen (secondary N) is 1. The molecule has 0 atom stereocenters. The molecular formula is C31H37N5O4. The third kappa shape index (κ3) is 5.85. The maximum Gasteiger partial charge on any atom is 0.344 e. The van der Waals surface area contributed by atoms with Crippen LogP contribution in [-0.2, 0) is 21.4 Å². The Morgan fingerprint density at radius 1 is 0.975 bits per heavy atom. The topological polar surface area (TPSA) is 98.6 Å². The molecule has 0 saturated carbocycles. The van der Waals surface area contributed by atoms with E-state index < -0.39 is 5.97 Å². The SMILES string of the molecule is CCOC(=O)c1c(NC(=O)c2ccc(C(C)(C)C)cc2)n(CCCN2CCOCC2)c2nc3ccccc3nc12. The summed E-state index contributed by atoms with van der Waals surface area (Å²) < 4.78 is 12.8. The molecule has 1 aliphatic rings. The predicted octanol–water partition coefficient (Wildman–Crippen LogP) is 5.03. The Hall–Kier alpha value is -3.82. The molecule has 1 fully saturated rings. The second-order valence-corrected chi connectivity index (χ2v) is 11.1. The van der Waals surface area contributed by atoms with Gasteiger partial charge in [0.15, 0.2) is 5.65 Å². The minimum atomic E-state index is -0.539. The molecule has 1 aliphatic heterocycles. The Balaban J connectivity index is 1.57. The number of nitrogens with zero attached hydrogens (tertiary/aromatic N) is 4. The quantitative estimate of drug-likeness (QED) is 0.311. The van der Waals surface area contributed by atoms with Crippen molar-refractivity contribution >= 4 is 39.9 Å². The van der Waals surface area contributed by atoms with E-state index in [1.54, 1.807) is 6.92 Å². The Bertz CT molecular complexity index is 1520. The summed E-state index contributed by atoms with van der Waals surface area (Å²) in [5.41, 5.74) is 4.17. The molecule has 210 valence electrons. The first-order valence-electron chi connectivity index (χ1n) is 13.9. The second-order valence-electron chi connectivity index (χ2n) is 11.1. The maximum absolute atomic E-state index is 13.6. The van der Waals surface area contributed by atoms with E-state index in [4.69, 9.17) is 19.4 Å². The molecule has 40 heavy (non-hydrogen) atoms. The fraction of sp³-hybridized carbons (Fsp3) is 0.419. The summed E-state index contributed by atoms with van der Waals surface area (Å²) in [6.07, 6.45) is 0.795. The van der Waals surface area contributed by atoms with Gasteiger partial charge in [-0.2, -0.15) is 0 Å². The van der Waals surface area contributed by atoms with Gasteiger partial charge in [0, 0.05) is 31.7 Å². The van der Waals surface area contributed by atoms with E-state index in [0.29, 0.717) is 40.1 Å². The fourth-order valence-corrected chi connectivity index (χ4v) is 5.02. The summed E-state index contributed by atoms with van der Waals surface area (Å²) in [4.78, 5) is 39.0. The molecule has 0 bridgehead atoms. The van der Waals surface area contributed by atoms with E-state index in [1.807, 2.05) is 53.1 Å². The smallest absolute Gasteiger partial charge is 0.344 e. The van der Waals surface area contributed by atoms with Gasteiger partial charge in [-0.05, 0) is 48.6 Å². The number of para-hydroxylation sites is 2. The van der Waals surface area contributed by atoms with E-state index in [1.165, 1.54) is 0 Å². The largest absolute Gasteiger partial charge is 0.462 e. The molecule has 1 amide bonds. The number of morpholine rings is 1. The van der Waals surface area contributed by atoms with E-state index in [-0.39, 0.29) is 23.5 Å². The number of hydrogen-bond donors (Lipinski definition) is 1. The number of anilines is 1. The number of amides is 1. The zero-order chi connectivity index (χ0) is 28.3. The van der Waals surface area contributed by atoms with Gasteiger partial charge >= 0.3 is 5.97 Å². The number of hydrogen-bond acceptors (Lipinski definition) is 7. The third-order valence-corrected chi connectivity index (χ3v) is 7.24. The number of aryl methyl sites for hydroxylation is 1. The van der Waals surface area contributed by atoms with Gasteiger partial charge in [-0.25, -0.2) is 14.8 Å². The van der Waals surface area contributed by atoms with Crippen LogP contribution in [0.5, 0.6) is 0 Å². The van der Waals surface area contributed by atoms with Crippen LogP contribution in [0.4, 0.5) is 5.82 Å². The zero-order valence-corrected chi connectivity index (χ0v) is 23.7. The molecule has 9 nitrogen and oxygen atoms in total. The van der Waals surface area contributed by atoms with Crippen molar-refractivity contribution in [3.63, 3.8) is 0 Å². The number of rotatable bonds is 8. The summed E-state index contributed by atoms with van der Waals surface area (Å²) in [5, 5.41) is 3.03. The standard InChI is InChI=1S/C31H37N5O4/c1-5-40-30(38)25-26-28(33-24-10-7-6-9-23(24)32-26)36(16-8-15-35-17-19-39-20-18-35)27(25)34-29(37)21-11-13-22(14-12-21)31(2,3)4/h6-7,9-14H,5,8,15-20H2,1-4H3,(H,34,37). The highest BCUT2D eigenvalue weighted by molar-refractivity contribution is 6.13. The van der Waals surface area contributed by atoms with Gasteiger partial charge in [0.1, 0.15) is 16.9 Å². The number of fused-ring (bicyclic) bond motifs is 2. The van der Waals surface area contributed by atoms with Gasteiger partial charge in [-0.15, -0.1) is 0 Å². The number of ether oxygens (including phenoxy) is 2. The molecule has 5 rings (SSSR count). The third-order valence-electron chi connectivity index (χ3n) is 7.24. The van der Waals surface area contributed by atoms with Crippen LogP contribution >= 0.6 is 0 Å². The summed E-state index contributed by atoms with van der Waals surface area (Å²) in [6, 6.07) is 15.1. The van der Waals surface area contributed by atoms with Crippen molar-refractivity contribution in [1.82, 2.24) is 19.4 Å². The fourth-order valence-electron chi connectivity index (χ4n) is 5.02. The number of benzene rings is 2. The van der Waals surface area contributed by atoms with Crippen molar-refractivity contribution in [1.29, 1.82) is 0 Å². The molecular weight excluding hydrogens is 506 g/mol. The normalized spacial score (nSPS) is 14.5. The summed E-state index contributed by atoms with van der Waals surface area (Å²) >= 11 is 0. The molecule has 9 heteroatoms. The van der Waals surface area contributed by atoms with E-state index in [2.05, 4.69) is 31.0 Å². The van der Waals surface area contributed by atoms with Gasteiger partial charge in [-0.3, -0.25) is 9.69 Å².